The third-order valence-corrected chi connectivity index (χ3v) is 7.54. The number of carbonyl (C=O) groups excluding carboxylic acids is 1. The molecule has 0 fully saturated rings. The normalized spacial score (nSPS) is 11.4. The number of carbonyl (C=O) groups is 1. The van der Waals surface area contributed by atoms with Crippen molar-refractivity contribution in [1.82, 2.24) is 14.5 Å². The minimum Gasteiger partial charge on any atom is -0.493 e. The van der Waals surface area contributed by atoms with E-state index in [2.05, 4.69) is 40.2 Å². The summed E-state index contributed by atoms with van der Waals surface area (Å²) in [6.07, 6.45) is 4.13. The molecule has 0 spiro atoms. The van der Waals surface area contributed by atoms with Crippen LogP contribution >= 0.6 is 0 Å². The second kappa shape index (κ2) is 11.3. The van der Waals surface area contributed by atoms with Gasteiger partial charge in [0.1, 0.15) is 5.75 Å². The molecule has 192 valence electrons. The van der Waals surface area contributed by atoms with Crippen LogP contribution in [0.1, 0.15) is 16.7 Å². The molecular formula is C30H27N3O4S. The maximum absolute atomic E-state index is 12.8. The number of hydrogen-bond acceptors (Lipinski definition) is 5. The first-order chi connectivity index (χ1) is 18.5. The van der Waals surface area contributed by atoms with Gasteiger partial charge in [-0.25, -0.2) is 13.1 Å². The number of aromatic nitrogens is 2. The number of fused-ring (bicyclic) bond motifs is 1. The Morgan fingerprint density at radius 1 is 0.842 bits per heavy atom. The molecule has 0 aliphatic carbocycles. The van der Waals surface area contributed by atoms with Crippen LogP contribution in [0.5, 0.6) is 5.75 Å². The van der Waals surface area contributed by atoms with Crippen LogP contribution in [0.4, 0.5) is 0 Å². The summed E-state index contributed by atoms with van der Waals surface area (Å²) in [4.78, 5) is 12.8. The highest BCUT2D eigenvalue weighted by atomic mass is 32.2. The summed E-state index contributed by atoms with van der Waals surface area (Å²) in [5.41, 5.74) is 2.70. The Bertz CT molecular complexity index is 1650. The predicted molar refractivity (Wildman–Crippen MR) is 146 cm³/mol. The Morgan fingerprint density at radius 3 is 2.39 bits per heavy atom. The Morgan fingerprint density at radius 2 is 1.61 bits per heavy atom. The SMILES string of the molecule is O=C(Cc1ccc(Cn2cccn2)cc1OCCc1ccc2ccccc2c1)NS(=O)(=O)c1ccccc1. The lowest BCUT2D eigenvalue weighted by atomic mass is 10.1. The van der Waals surface area contributed by atoms with E-state index in [1.165, 1.54) is 22.9 Å². The number of nitrogens with one attached hydrogen (secondary N) is 1. The molecule has 8 heteroatoms. The molecule has 0 aliphatic heterocycles. The Labute approximate surface area is 221 Å². The van der Waals surface area contributed by atoms with Crippen LogP contribution in [-0.2, 0) is 34.2 Å². The van der Waals surface area contributed by atoms with Gasteiger partial charge in [-0.05, 0) is 46.2 Å². The molecule has 1 aromatic heterocycles. The van der Waals surface area contributed by atoms with E-state index in [-0.39, 0.29) is 11.3 Å². The Kier molecular flexibility index (Phi) is 7.51. The average Bonchev–Trinajstić information content (AvgIpc) is 3.43. The number of hydrogen-bond donors (Lipinski definition) is 1. The van der Waals surface area contributed by atoms with Gasteiger partial charge in [-0.15, -0.1) is 0 Å². The van der Waals surface area contributed by atoms with Crippen LogP contribution in [0.25, 0.3) is 10.8 Å². The molecule has 5 aromatic rings. The third kappa shape index (κ3) is 6.27. The van der Waals surface area contributed by atoms with Crippen molar-refractivity contribution < 1.29 is 17.9 Å². The molecule has 1 heterocycles. The van der Waals surface area contributed by atoms with Crippen LogP contribution in [0, 0.1) is 0 Å². The fourth-order valence-corrected chi connectivity index (χ4v) is 5.25. The van der Waals surface area contributed by atoms with Crippen molar-refractivity contribution in [2.75, 3.05) is 6.61 Å². The molecule has 0 unspecified atom stereocenters. The highest BCUT2D eigenvalue weighted by molar-refractivity contribution is 7.90. The molecule has 0 bridgehead atoms. The van der Waals surface area contributed by atoms with Gasteiger partial charge in [0, 0.05) is 24.4 Å². The van der Waals surface area contributed by atoms with Gasteiger partial charge in [-0.3, -0.25) is 9.48 Å². The zero-order valence-electron chi connectivity index (χ0n) is 20.7. The summed E-state index contributed by atoms with van der Waals surface area (Å²) in [6, 6.07) is 29.8. The number of ether oxygens (including phenoxy) is 1. The number of sulfonamides is 1. The van der Waals surface area contributed by atoms with E-state index in [0.717, 1.165) is 11.1 Å². The van der Waals surface area contributed by atoms with Gasteiger partial charge in [-0.1, -0.05) is 72.8 Å². The minimum absolute atomic E-state index is 0.0368. The highest BCUT2D eigenvalue weighted by Gasteiger charge is 2.19. The van der Waals surface area contributed by atoms with Crippen LogP contribution < -0.4 is 9.46 Å². The van der Waals surface area contributed by atoms with Crippen molar-refractivity contribution in [3.05, 3.63) is 126 Å². The number of rotatable bonds is 10. The summed E-state index contributed by atoms with van der Waals surface area (Å²) in [5, 5.41) is 6.61. The topological polar surface area (TPSA) is 90.3 Å². The van der Waals surface area contributed by atoms with Crippen molar-refractivity contribution in [1.29, 1.82) is 0 Å². The second-order valence-electron chi connectivity index (χ2n) is 8.94. The fraction of sp³-hybridized carbons (Fsp3) is 0.133. The third-order valence-electron chi connectivity index (χ3n) is 6.15. The first-order valence-corrected chi connectivity index (χ1v) is 13.7. The molecule has 0 saturated carbocycles. The first-order valence-electron chi connectivity index (χ1n) is 12.3. The van der Waals surface area contributed by atoms with Gasteiger partial charge in [0.15, 0.2) is 0 Å². The smallest absolute Gasteiger partial charge is 0.264 e. The number of amides is 1. The molecule has 5 rings (SSSR count). The van der Waals surface area contributed by atoms with E-state index in [4.69, 9.17) is 4.74 Å². The monoisotopic (exact) mass is 525 g/mol. The number of benzene rings is 4. The molecule has 1 amide bonds. The molecule has 38 heavy (non-hydrogen) atoms. The van der Waals surface area contributed by atoms with E-state index in [1.807, 2.05) is 36.5 Å². The van der Waals surface area contributed by atoms with Gasteiger partial charge in [0.05, 0.1) is 24.5 Å². The van der Waals surface area contributed by atoms with Crippen molar-refractivity contribution in [2.24, 2.45) is 0 Å². The summed E-state index contributed by atoms with van der Waals surface area (Å²) in [6.45, 7) is 0.948. The van der Waals surface area contributed by atoms with Crippen LogP contribution in [-0.4, -0.2) is 30.7 Å². The predicted octanol–water partition coefficient (Wildman–Crippen LogP) is 4.75. The largest absolute Gasteiger partial charge is 0.493 e. The summed E-state index contributed by atoms with van der Waals surface area (Å²) in [5.74, 6) is -0.0873. The quantitative estimate of drug-likeness (QED) is 0.284. The van der Waals surface area contributed by atoms with Gasteiger partial charge in [-0.2, -0.15) is 5.10 Å². The molecule has 0 radical (unpaired) electrons. The lowest BCUT2D eigenvalue weighted by Gasteiger charge is -2.14. The lowest BCUT2D eigenvalue weighted by Crippen LogP contribution is -2.31. The zero-order valence-corrected chi connectivity index (χ0v) is 21.5. The minimum atomic E-state index is -3.96. The van der Waals surface area contributed by atoms with E-state index in [1.54, 1.807) is 35.1 Å². The van der Waals surface area contributed by atoms with Gasteiger partial charge < -0.3 is 4.74 Å². The van der Waals surface area contributed by atoms with Crippen LogP contribution in [0.3, 0.4) is 0 Å². The Balaban J connectivity index is 1.31. The van der Waals surface area contributed by atoms with E-state index >= 15 is 0 Å². The van der Waals surface area contributed by atoms with Crippen LogP contribution in [0.15, 0.2) is 114 Å². The van der Waals surface area contributed by atoms with Crippen molar-refractivity contribution in [2.45, 2.75) is 24.3 Å². The summed E-state index contributed by atoms with van der Waals surface area (Å²) >= 11 is 0. The first kappa shape index (κ1) is 25.2. The fourth-order valence-electron chi connectivity index (χ4n) is 4.25. The molecule has 0 atom stereocenters. The maximum atomic E-state index is 12.8. The molecule has 1 N–H and O–H groups in total. The van der Waals surface area contributed by atoms with Gasteiger partial charge >= 0.3 is 0 Å². The number of nitrogens with zero attached hydrogens (tertiary/aromatic N) is 2. The molecule has 4 aromatic carbocycles. The summed E-state index contributed by atoms with van der Waals surface area (Å²) < 4.78 is 35.3. The van der Waals surface area contributed by atoms with Gasteiger partial charge in [0.2, 0.25) is 5.91 Å². The second-order valence-corrected chi connectivity index (χ2v) is 10.6. The van der Waals surface area contributed by atoms with Crippen molar-refractivity contribution in [3.63, 3.8) is 0 Å². The standard InChI is InChI=1S/C30H27N3O4S/c34-30(32-38(35,36)28-9-2-1-3-10-28)21-27-14-12-24(22-33-17-6-16-31-33)20-29(27)37-18-15-23-11-13-25-7-4-5-8-26(25)19-23/h1-14,16-17,19-20H,15,18,21-22H2,(H,32,34). The Hall–Kier alpha value is -4.43. The average molecular weight is 526 g/mol. The van der Waals surface area contributed by atoms with E-state index in [9.17, 15) is 13.2 Å². The van der Waals surface area contributed by atoms with Crippen molar-refractivity contribution >= 4 is 26.7 Å². The van der Waals surface area contributed by atoms with Crippen molar-refractivity contribution in [3.8, 4) is 5.75 Å². The molecule has 0 saturated heterocycles. The van der Waals surface area contributed by atoms with E-state index < -0.39 is 15.9 Å². The van der Waals surface area contributed by atoms with Crippen LogP contribution in [0.2, 0.25) is 0 Å². The molecular weight excluding hydrogens is 498 g/mol. The maximum Gasteiger partial charge on any atom is 0.264 e. The van der Waals surface area contributed by atoms with E-state index in [0.29, 0.717) is 30.9 Å². The highest BCUT2D eigenvalue weighted by Crippen LogP contribution is 2.23. The zero-order chi connectivity index (χ0) is 26.4. The molecule has 7 nitrogen and oxygen atoms in total. The van der Waals surface area contributed by atoms with Gasteiger partial charge in [0.25, 0.3) is 10.0 Å². The lowest BCUT2D eigenvalue weighted by molar-refractivity contribution is -0.118. The summed E-state index contributed by atoms with van der Waals surface area (Å²) in [7, 11) is -3.96. The molecule has 0 aliphatic rings.